The van der Waals surface area contributed by atoms with Gasteiger partial charge in [0, 0.05) is 12.1 Å². The van der Waals surface area contributed by atoms with Crippen molar-refractivity contribution in [2.24, 2.45) is 0 Å². The lowest BCUT2D eigenvalue weighted by Gasteiger charge is -2.21. The maximum atomic E-state index is 12.7. The van der Waals surface area contributed by atoms with Crippen molar-refractivity contribution < 1.29 is 19.5 Å². The van der Waals surface area contributed by atoms with E-state index in [2.05, 4.69) is 5.32 Å². The maximum absolute atomic E-state index is 12.7. The van der Waals surface area contributed by atoms with Crippen LogP contribution in [0.1, 0.15) is 53.2 Å². The molecular weight excluding hydrogens is 344 g/mol. The zero-order valence-electron chi connectivity index (χ0n) is 15.1. The molecule has 0 aliphatic heterocycles. The predicted octanol–water partition coefficient (Wildman–Crippen LogP) is 3.12. The van der Waals surface area contributed by atoms with Gasteiger partial charge in [-0.05, 0) is 48.9 Å². The van der Waals surface area contributed by atoms with Crippen LogP contribution in [0.4, 0.5) is 0 Å². The first-order chi connectivity index (χ1) is 13.2. The molecule has 2 aromatic carbocycles. The second kappa shape index (κ2) is 9.30. The smallest absolute Gasteiger partial charge is 0.328 e. The Balaban J connectivity index is 1.67. The molecule has 6 nitrogen and oxygen atoms in total. The SMILES string of the molecule is O=C(NO)c1ccc(CN[C@H](C(=O)OC2CCCC2)c2ccccc2)cc1. The van der Waals surface area contributed by atoms with Crippen LogP contribution in [-0.2, 0) is 16.1 Å². The number of hydroxylamine groups is 1. The molecule has 0 spiro atoms. The van der Waals surface area contributed by atoms with Crippen molar-refractivity contribution >= 4 is 11.9 Å². The molecule has 0 saturated heterocycles. The Morgan fingerprint density at radius 3 is 2.33 bits per heavy atom. The predicted molar refractivity (Wildman–Crippen MR) is 100 cm³/mol. The fourth-order valence-corrected chi connectivity index (χ4v) is 3.28. The average Bonchev–Trinajstić information content (AvgIpc) is 3.22. The summed E-state index contributed by atoms with van der Waals surface area (Å²) in [6, 6.07) is 15.8. The summed E-state index contributed by atoms with van der Waals surface area (Å²) in [5.41, 5.74) is 3.74. The van der Waals surface area contributed by atoms with Crippen LogP contribution in [0.25, 0.3) is 0 Å². The lowest BCUT2D eigenvalue weighted by molar-refractivity contribution is -0.151. The number of benzene rings is 2. The van der Waals surface area contributed by atoms with Crippen molar-refractivity contribution in [1.29, 1.82) is 0 Å². The van der Waals surface area contributed by atoms with Crippen molar-refractivity contribution in [3.8, 4) is 0 Å². The van der Waals surface area contributed by atoms with Crippen LogP contribution in [0, 0.1) is 0 Å². The molecule has 0 bridgehead atoms. The zero-order valence-corrected chi connectivity index (χ0v) is 15.1. The summed E-state index contributed by atoms with van der Waals surface area (Å²) in [4.78, 5) is 24.1. The highest BCUT2D eigenvalue weighted by Gasteiger charge is 2.26. The molecule has 1 aliphatic carbocycles. The Morgan fingerprint density at radius 2 is 1.70 bits per heavy atom. The average molecular weight is 368 g/mol. The second-order valence-corrected chi connectivity index (χ2v) is 6.71. The minimum Gasteiger partial charge on any atom is -0.461 e. The third-order valence-corrected chi connectivity index (χ3v) is 4.78. The summed E-state index contributed by atoms with van der Waals surface area (Å²) < 4.78 is 5.70. The third kappa shape index (κ3) is 5.15. The number of hydrogen-bond donors (Lipinski definition) is 3. The number of nitrogens with one attached hydrogen (secondary N) is 2. The molecular formula is C21H24N2O4. The summed E-state index contributed by atoms with van der Waals surface area (Å²) >= 11 is 0. The van der Waals surface area contributed by atoms with E-state index in [9.17, 15) is 9.59 Å². The molecule has 27 heavy (non-hydrogen) atoms. The van der Waals surface area contributed by atoms with Crippen LogP contribution < -0.4 is 10.8 Å². The molecule has 0 aromatic heterocycles. The zero-order chi connectivity index (χ0) is 19.1. The normalized spacial score (nSPS) is 15.3. The minimum absolute atomic E-state index is 0.0155. The molecule has 1 atom stereocenters. The highest BCUT2D eigenvalue weighted by Crippen LogP contribution is 2.24. The van der Waals surface area contributed by atoms with Gasteiger partial charge in [-0.1, -0.05) is 42.5 Å². The first-order valence-electron chi connectivity index (χ1n) is 9.19. The van der Waals surface area contributed by atoms with Crippen LogP contribution in [0.5, 0.6) is 0 Å². The lowest BCUT2D eigenvalue weighted by Crippen LogP contribution is -2.32. The number of carbonyl (C=O) groups excluding carboxylic acids is 2. The Kier molecular flexibility index (Phi) is 6.57. The van der Waals surface area contributed by atoms with Crippen LogP contribution >= 0.6 is 0 Å². The molecule has 2 aromatic rings. The molecule has 1 amide bonds. The van der Waals surface area contributed by atoms with Gasteiger partial charge in [0.1, 0.15) is 12.1 Å². The topological polar surface area (TPSA) is 87.7 Å². The Bertz CT molecular complexity index is 756. The van der Waals surface area contributed by atoms with E-state index < -0.39 is 11.9 Å². The van der Waals surface area contributed by atoms with E-state index >= 15 is 0 Å². The monoisotopic (exact) mass is 368 g/mol. The maximum Gasteiger partial charge on any atom is 0.328 e. The molecule has 3 rings (SSSR count). The molecule has 3 N–H and O–H groups in total. The molecule has 0 heterocycles. The Labute approximate surface area is 158 Å². The molecule has 1 aliphatic rings. The fourth-order valence-electron chi connectivity index (χ4n) is 3.28. The van der Waals surface area contributed by atoms with Crippen LogP contribution in [-0.4, -0.2) is 23.2 Å². The van der Waals surface area contributed by atoms with Gasteiger partial charge in [-0.15, -0.1) is 0 Å². The number of esters is 1. The van der Waals surface area contributed by atoms with Gasteiger partial charge >= 0.3 is 5.97 Å². The Morgan fingerprint density at radius 1 is 1.04 bits per heavy atom. The van der Waals surface area contributed by atoms with Gasteiger partial charge in [-0.3, -0.25) is 15.3 Å². The van der Waals surface area contributed by atoms with Crippen molar-refractivity contribution in [1.82, 2.24) is 10.8 Å². The molecule has 1 fully saturated rings. The van der Waals surface area contributed by atoms with Gasteiger partial charge in [0.2, 0.25) is 0 Å². The number of ether oxygens (including phenoxy) is 1. The minimum atomic E-state index is -0.559. The van der Waals surface area contributed by atoms with Crippen molar-refractivity contribution in [2.45, 2.75) is 44.4 Å². The van der Waals surface area contributed by atoms with Crippen molar-refractivity contribution in [3.05, 3.63) is 71.3 Å². The number of amides is 1. The summed E-state index contributed by atoms with van der Waals surface area (Å²) in [5.74, 6) is -0.818. The first-order valence-corrected chi connectivity index (χ1v) is 9.19. The molecule has 0 radical (unpaired) electrons. The quantitative estimate of drug-likeness (QED) is 0.397. The van der Waals surface area contributed by atoms with Crippen molar-refractivity contribution in [3.63, 3.8) is 0 Å². The first kappa shape index (κ1) is 19.1. The standard InChI is InChI=1S/C21H24N2O4/c24-20(23-26)17-12-10-15(11-13-17)14-22-19(16-6-2-1-3-7-16)21(25)27-18-8-4-5-9-18/h1-3,6-7,10-13,18-19,22,26H,4-5,8-9,14H2,(H,23,24)/t19-/m0/s1. The van der Waals surface area contributed by atoms with Gasteiger partial charge in [-0.2, -0.15) is 0 Å². The number of rotatable bonds is 7. The molecule has 0 unspecified atom stereocenters. The highest BCUT2D eigenvalue weighted by atomic mass is 16.5. The van der Waals surface area contributed by atoms with E-state index in [4.69, 9.17) is 9.94 Å². The molecule has 6 heteroatoms. The molecule has 1 saturated carbocycles. The summed E-state index contributed by atoms with van der Waals surface area (Å²) in [6.45, 7) is 0.445. The number of carbonyl (C=O) groups is 2. The van der Waals surface area contributed by atoms with E-state index in [0.29, 0.717) is 12.1 Å². The summed E-state index contributed by atoms with van der Waals surface area (Å²) in [5, 5.41) is 11.9. The highest BCUT2D eigenvalue weighted by molar-refractivity contribution is 5.93. The molecule has 142 valence electrons. The van der Waals surface area contributed by atoms with E-state index in [0.717, 1.165) is 36.8 Å². The van der Waals surface area contributed by atoms with E-state index in [1.165, 1.54) is 0 Å². The largest absolute Gasteiger partial charge is 0.461 e. The van der Waals surface area contributed by atoms with Crippen LogP contribution in [0.15, 0.2) is 54.6 Å². The lowest BCUT2D eigenvalue weighted by atomic mass is 10.1. The van der Waals surface area contributed by atoms with Crippen molar-refractivity contribution in [2.75, 3.05) is 0 Å². The van der Waals surface area contributed by atoms with Crippen LogP contribution in [0.2, 0.25) is 0 Å². The van der Waals surface area contributed by atoms with E-state index in [1.807, 2.05) is 30.3 Å². The van der Waals surface area contributed by atoms with Gasteiger partial charge in [0.05, 0.1) is 0 Å². The van der Waals surface area contributed by atoms with Gasteiger partial charge in [-0.25, -0.2) is 10.3 Å². The van der Waals surface area contributed by atoms with Gasteiger partial charge in [0.15, 0.2) is 0 Å². The summed E-state index contributed by atoms with van der Waals surface area (Å²) in [7, 11) is 0. The summed E-state index contributed by atoms with van der Waals surface area (Å²) in [6.07, 6.45) is 4.09. The van der Waals surface area contributed by atoms with Crippen LogP contribution in [0.3, 0.4) is 0 Å². The van der Waals surface area contributed by atoms with Gasteiger partial charge in [0.25, 0.3) is 5.91 Å². The fraction of sp³-hybridized carbons (Fsp3) is 0.333. The Hall–Kier alpha value is -2.70. The van der Waals surface area contributed by atoms with E-state index in [1.54, 1.807) is 29.7 Å². The number of hydrogen-bond acceptors (Lipinski definition) is 5. The second-order valence-electron chi connectivity index (χ2n) is 6.71. The van der Waals surface area contributed by atoms with Gasteiger partial charge < -0.3 is 4.74 Å². The third-order valence-electron chi connectivity index (χ3n) is 4.78. The van der Waals surface area contributed by atoms with E-state index in [-0.39, 0.29) is 12.1 Å².